The van der Waals surface area contributed by atoms with Crippen LogP contribution in [0.5, 0.6) is 5.75 Å². The lowest BCUT2D eigenvalue weighted by Crippen LogP contribution is -2.40. The Morgan fingerprint density at radius 2 is 1.75 bits per heavy atom. The molecule has 4 aliphatic carbocycles. The van der Waals surface area contributed by atoms with Crippen molar-refractivity contribution in [3.63, 3.8) is 0 Å². The number of imide groups is 1. The van der Waals surface area contributed by atoms with Crippen molar-refractivity contribution in [2.75, 3.05) is 0 Å². The Hall–Kier alpha value is -2.43. The first-order valence-corrected chi connectivity index (χ1v) is 8.46. The minimum atomic E-state index is -0.237. The van der Waals surface area contributed by atoms with Gasteiger partial charge in [0.25, 0.3) is 11.8 Å². The van der Waals surface area contributed by atoms with Gasteiger partial charge in [-0.2, -0.15) is 10.1 Å². The summed E-state index contributed by atoms with van der Waals surface area (Å²) in [5, 5.41) is 15.1. The van der Waals surface area contributed by atoms with Crippen LogP contribution in [0, 0.1) is 42.4 Å². The van der Waals surface area contributed by atoms with Crippen molar-refractivity contribution in [1.82, 2.24) is 5.01 Å². The summed E-state index contributed by atoms with van der Waals surface area (Å²) in [4.78, 5) is 25.5. The van der Waals surface area contributed by atoms with Gasteiger partial charge in [-0.25, -0.2) is 0 Å². The van der Waals surface area contributed by atoms with Crippen molar-refractivity contribution < 1.29 is 14.7 Å². The summed E-state index contributed by atoms with van der Waals surface area (Å²) >= 11 is 0. The third kappa shape index (κ3) is 1.72. The van der Waals surface area contributed by atoms with E-state index in [1.165, 1.54) is 6.21 Å². The maximum Gasteiger partial charge on any atom is 0.254 e. The van der Waals surface area contributed by atoms with Crippen LogP contribution in [0.15, 0.2) is 35.5 Å². The molecule has 0 unspecified atom stereocenters. The Bertz CT molecular complexity index is 792. The normalized spacial score (nSPS) is 38.8. The minimum absolute atomic E-state index is 0.0869. The number of allylic oxidation sites excluding steroid dienone is 2. The molecule has 5 aliphatic rings. The summed E-state index contributed by atoms with van der Waals surface area (Å²) in [5.74, 6) is 0.826. The topological polar surface area (TPSA) is 70.0 Å². The molecule has 5 nitrogen and oxygen atoms in total. The van der Waals surface area contributed by atoms with E-state index in [4.69, 9.17) is 0 Å². The van der Waals surface area contributed by atoms with Crippen molar-refractivity contribution in [1.29, 1.82) is 0 Å². The molecule has 1 aromatic rings. The SMILES string of the molecule is Cc1ccc(O)c(/C=N\N2C(=O)[C@@H]3[C@H]4C=C[C@@H]([C@@H]5C[C@@H]45)[C@H]3C2=O)c1. The number of carbonyl (C=O) groups excluding carboxylic acids is 2. The number of aromatic hydroxyl groups is 1. The van der Waals surface area contributed by atoms with E-state index in [2.05, 4.69) is 17.3 Å². The summed E-state index contributed by atoms with van der Waals surface area (Å²) in [5.41, 5.74) is 1.48. The zero-order chi connectivity index (χ0) is 16.6. The monoisotopic (exact) mass is 322 g/mol. The number of amides is 2. The van der Waals surface area contributed by atoms with E-state index in [-0.39, 0.29) is 41.2 Å². The van der Waals surface area contributed by atoms with Gasteiger partial charge in [0, 0.05) is 5.56 Å². The largest absolute Gasteiger partial charge is 0.507 e. The molecule has 1 saturated heterocycles. The molecular formula is C19H18N2O3. The molecule has 1 aliphatic heterocycles. The molecule has 24 heavy (non-hydrogen) atoms. The molecule has 6 atom stereocenters. The van der Waals surface area contributed by atoms with Gasteiger partial charge in [0.15, 0.2) is 0 Å². The minimum Gasteiger partial charge on any atom is -0.507 e. The van der Waals surface area contributed by atoms with Crippen LogP contribution in [0.4, 0.5) is 0 Å². The zero-order valence-electron chi connectivity index (χ0n) is 13.3. The van der Waals surface area contributed by atoms with Crippen LogP contribution in [0.25, 0.3) is 0 Å². The van der Waals surface area contributed by atoms with E-state index >= 15 is 0 Å². The van der Waals surface area contributed by atoms with E-state index in [0.29, 0.717) is 17.4 Å². The fourth-order valence-corrected chi connectivity index (χ4v) is 4.95. The van der Waals surface area contributed by atoms with E-state index in [0.717, 1.165) is 17.0 Å². The van der Waals surface area contributed by atoms with Gasteiger partial charge in [0.05, 0.1) is 18.1 Å². The van der Waals surface area contributed by atoms with Gasteiger partial charge < -0.3 is 5.11 Å². The average molecular weight is 322 g/mol. The van der Waals surface area contributed by atoms with Crippen LogP contribution in [0.3, 0.4) is 0 Å². The first-order valence-electron chi connectivity index (χ1n) is 8.46. The van der Waals surface area contributed by atoms with E-state index in [9.17, 15) is 14.7 Å². The molecular weight excluding hydrogens is 304 g/mol. The second kappa shape index (κ2) is 4.56. The van der Waals surface area contributed by atoms with Gasteiger partial charge in [-0.1, -0.05) is 23.8 Å². The highest BCUT2D eigenvalue weighted by atomic mass is 16.3. The van der Waals surface area contributed by atoms with E-state index < -0.39 is 0 Å². The van der Waals surface area contributed by atoms with Crippen molar-refractivity contribution in [2.45, 2.75) is 13.3 Å². The first kappa shape index (κ1) is 14.0. The fraction of sp³-hybridized carbons (Fsp3) is 0.421. The predicted octanol–water partition coefficient (Wildman–Crippen LogP) is 2.09. The van der Waals surface area contributed by atoms with Gasteiger partial charge >= 0.3 is 0 Å². The maximum absolute atomic E-state index is 12.8. The van der Waals surface area contributed by atoms with Gasteiger partial charge in [-0.3, -0.25) is 9.59 Å². The highest BCUT2D eigenvalue weighted by Crippen LogP contribution is 2.65. The second-order valence-corrected chi connectivity index (χ2v) is 7.45. The van der Waals surface area contributed by atoms with Crippen molar-refractivity contribution in [2.24, 2.45) is 40.6 Å². The summed E-state index contributed by atoms with van der Waals surface area (Å²) in [7, 11) is 0. The number of hydrogen-bond donors (Lipinski definition) is 1. The van der Waals surface area contributed by atoms with Crippen molar-refractivity contribution in [3.05, 3.63) is 41.5 Å². The Morgan fingerprint density at radius 1 is 1.12 bits per heavy atom. The third-order valence-electron chi connectivity index (χ3n) is 6.13. The second-order valence-electron chi connectivity index (χ2n) is 7.45. The molecule has 0 radical (unpaired) electrons. The Kier molecular flexibility index (Phi) is 2.65. The summed E-state index contributed by atoms with van der Waals surface area (Å²) in [6.45, 7) is 1.91. The van der Waals surface area contributed by atoms with Gasteiger partial charge in [-0.05, 0) is 49.1 Å². The lowest BCUT2D eigenvalue weighted by atomic mass is 9.63. The zero-order valence-corrected chi connectivity index (χ0v) is 13.3. The molecule has 2 amide bonds. The highest BCUT2D eigenvalue weighted by molar-refractivity contribution is 6.06. The van der Waals surface area contributed by atoms with Crippen LogP contribution >= 0.6 is 0 Å². The summed E-state index contributed by atoms with van der Waals surface area (Å²) < 4.78 is 0. The Balaban J connectivity index is 1.46. The van der Waals surface area contributed by atoms with Gasteiger partial charge in [0.1, 0.15) is 5.75 Å². The number of phenols is 1. The third-order valence-corrected chi connectivity index (χ3v) is 6.13. The predicted molar refractivity (Wildman–Crippen MR) is 87.0 cm³/mol. The number of benzene rings is 1. The molecule has 1 heterocycles. The number of hydrazone groups is 1. The van der Waals surface area contributed by atoms with Crippen molar-refractivity contribution >= 4 is 18.0 Å². The molecule has 2 bridgehead atoms. The smallest absolute Gasteiger partial charge is 0.254 e. The number of hydrogen-bond acceptors (Lipinski definition) is 4. The first-order chi connectivity index (χ1) is 11.6. The molecule has 3 fully saturated rings. The van der Waals surface area contributed by atoms with Crippen LogP contribution < -0.4 is 0 Å². The summed E-state index contributed by atoms with van der Waals surface area (Å²) in [6.07, 6.45) is 6.84. The molecule has 0 spiro atoms. The molecule has 0 aromatic heterocycles. The lowest BCUT2D eigenvalue weighted by molar-refractivity contribution is -0.140. The van der Waals surface area contributed by atoms with Crippen LogP contribution in [0.2, 0.25) is 0 Å². The quantitative estimate of drug-likeness (QED) is 0.515. The Morgan fingerprint density at radius 3 is 2.38 bits per heavy atom. The van der Waals surface area contributed by atoms with E-state index in [1.54, 1.807) is 18.2 Å². The molecule has 1 N–H and O–H groups in total. The number of carbonyl (C=O) groups is 2. The van der Waals surface area contributed by atoms with Crippen molar-refractivity contribution in [3.8, 4) is 5.75 Å². The number of phenolic OH excluding ortho intramolecular Hbond substituents is 1. The standard InChI is InChI=1S/C19H18N2O3/c1-9-2-5-15(22)10(6-9)8-20-21-18(23)16-11-3-4-12(14-7-13(11)14)17(16)19(21)24/h2-6,8,11-14,16-17,22H,7H2,1H3/b20-8-/t11-,12-,13-,14-,16+,17+/m0/s1. The molecule has 6 rings (SSSR count). The van der Waals surface area contributed by atoms with Gasteiger partial charge in [0.2, 0.25) is 0 Å². The summed E-state index contributed by atoms with van der Waals surface area (Å²) in [6, 6.07) is 5.15. The van der Waals surface area contributed by atoms with Gasteiger partial charge in [-0.15, -0.1) is 0 Å². The van der Waals surface area contributed by atoms with Crippen LogP contribution in [-0.2, 0) is 9.59 Å². The molecule has 1 aromatic carbocycles. The number of nitrogens with zero attached hydrogens (tertiary/aromatic N) is 2. The fourth-order valence-electron chi connectivity index (χ4n) is 4.95. The number of rotatable bonds is 2. The molecule has 5 heteroatoms. The highest BCUT2D eigenvalue weighted by Gasteiger charge is 2.67. The average Bonchev–Trinajstić information content (AvgIpc) is 3.35. The maximum atomic E-state index is 12.8. The van der Waals surface area contributed by atoms with E-state index in [1.807, 2.05) is 6.92 Å². The van der Waals surface area contributed by atoms with Crippen LogP contribution in [0.1, 0.15) is 17.5 Å². The molecule has 2 saturated carbocycles. The lowest BCUT2D eigenvalue weighted by Gasteiger charge is -2.37. The molecule has 122 valence electrons. The Labute approximate surface area is 139 Å². The van der Waals surface area contributed by atoms with Crippen LogP contribution in [-0.4, -0.2) is 28.1 Å². The number of aryl methyl sites for hydroxylation is 1.